The van der Waals surface area contributed by atoms with E-state index in [1.165, 1.54) is 11.3 Å². The fourth-order valence-electron chi connectivity index (χ4n) is 2.64. The maximum atomic E-state index is 5.80. The number of pyridine rings is 1. The van der Waals surface area contributed by atoms with Crippen LogP contribution in [0.1, 0.15) is 32.8 Å². The van der Waals surface area contributed by atoms with Crippen LogP contribution < -0.4 is 10.2 Å². The number of morpholine rings is 1. The Morgan fingerprint density at radius 1 is 1.37 bits per heavy atom. The number of hydrogen-bond donors (Lipinski definition) is 1. The molecule has 1 aromatic heterocycles. The zero-order valence-corrected chi connectivity index (χ0v) is 12.2. The van der Waals surface area contributed by atoms with Gasteiger partial charge in [-0.15, -0.1) is 0 Å². The molecule has 1 aromatic rings. The van der Waals surface area contributed by atoms with Gasteiger partial charge >= 0.3 is 0 Å². The van der Waals surface area contributed by atoms with E-state index in [0.717, 1.165) is 32.6 Å². The van der Waals surface area contributed by atoms with E-state index in [1.807, 2.05) is 12.4 Å². The van der Waals surface area contributed by atoms with Gasteiger partial charge in [-0.2, -0.15) is 0 Å². The van der Waals surface area contributed by atoms with Crippen LogP contribution >= 0.6 is 0 Å². The summed E-state index contributed by atoms with van der Waals surface area (Å²) in [6.07, 6.45) is 5.58. The summed E-state index contributed by atoms with van der Waals surface area (Å²) in [5, 5.41) is 3.46. The third-order valence-corrected chi connectivity index (χ3v) is 3.38. The first kappa shape index (κ1) is 14.3. The molecule has 0 saturated carbocycles. The first-order chi connectivity index (χ1) is 9.20. The van der Waals surface area contributed by atoms with Gasteiger partial charge in [-0.1, -0.05) is 6.92 Å². The SMILES string of the molecule is CCCNCc1cnccc1N1C[C@@H](C)O[C@@H](C)C1. The maximum absolute atomic E-state index is 5.80. The molecule has 2 rings (SSSR count). The van der Waals surface area contributed by atoms with Crippen LogP contribution in [0.25, 0.3) is 0 Å². The van der Waals surface area contributed by atoms with Gasteiger partial charge in [-0.05, 0) is 32.9 Å². The molecule has 19 heavy (non-hydrogen) atoms. The minimum atomic E-state index is 0.286. The molecule has 0 amide bonds. The second-order valence-corrected chi connectivity index (χ2v) is 5.34. The molecule has 4 heteroatoms. The van der Waals surface area contributed by atoms with Crippen molar-refractivity contribution in [1.29, 1.82) is 0 Å². The van der Waals surface area contributed by atoms with Crippen molar-refractivity contribution in [3.05, 3.63) is 24.0 Å². The van der Waals surface area contributed by atoms with Gasteiger partial charge in [-0.25, -0.2) is 0 Å². The van der Waals surface area contributed by atoms with Gasteiger partial charge in [-0.3, -0.25) is 4.98 Å². The maximum Gasteiger partial charge on any atom is 0.0726 e. The molecule has 0 aromatic carbocycles. The van der Waals surface area contributed by atoms with Crippen molar-refractivity contribution in [3.8, 4) is 0 Å². The molecule has 0 bridgehead atoms. The number of nitrogens with zero attached hydrogens (tertiary/aromatic N) is 2. The van der Waals surface area contributed by atoms with Crippen molar-refractivity contribution in [2.75, 3.05) is 24.5 Å². The minimum Gasteiger partial charge on any atom is -0.372 e. The smallest absolute Gasteiger partial charge is 0.0726 e. The number of hydrogen-bond acceptors (Lipinski definition) is 4. The number of anilines is 1. The van der Waals surface area contributed by atoms with Crippen LogP contribution in [0, 0.1) is 0 Å². The third-order valence-electron chi connectivity index (χ3n) is 3.38. The monoisotopic (exact) mass is 263 g/mol. The van der Waals surface area contributed by atoms with Crippen LogP contribution in [0.2, 0.25) is 0 Å². The summed E-state index contributed by atoms with van der Waals surface area (Å²) in [4.78, 5) is 6.68. The van der Waals surface area contributed by atoms with Crippen LogP contribution in [-0.2, 0) is 11.3 Å². The first-order valence-corrected chi connectivity index (χ1v) is 7.24. The lowest BCUT2D eigenvalue weighted by molar-refractivity contribution is -0.00527. The number of ether oxygens (including phenoxy) is 1. The Morgan fingerprint density at radius 3 is 2.79 bits per heavy atom. The average Bonchev–Trinajstić information content (AvgIpc) is 2.38. The number of aromatic nitrogens is 1. The molecule has 1 aliphatic rings. The highest BCUT2D eigenvalue weighted by molar-refractivity contribution is 5.52. The zero-order chi connectivity index (χ0) is 13.7. The van der Waals surface area contributed by atoms with Gasteiger partial charge < -0.3 is 15.0 Å². The van der Waals surface area contributed by atoms with Crippen LogP contribution in [0.4, 0.5) is 5.69 Å². The Kier molecular flexibility index (Phi) is 5.16. The summed E-state index contributed by atoms with van der Waals surface area (Å²) < 4.78 is 5.80. The van der Waals surface area contributed by atoms with E-state index < -0.39 is 0 Å². The van der Waals surface area contributed by atoms with E-state index in [9.17, 15) is 0 Å². The van der Waals surface area contributed by atoms with Crippen molar-refractivity contribution >= 4 is 5.69 Å². The normalized spacial score (nSPS) is 23.6. The minimum absolute atomic E-state index is 0.286. The summed E-state index contributed by atoms with van der Waals surface area (Å²) >= 11 is 0. The quantitative estimate of drug-likeness (QED) is 0.826. The Balaban J connectivity index is 2.09. The van der Waals surface area contributed by atoms with E-state index in [-0.39, 0.29) is 12.2 Å². The molecule has 1 saturated heterocycles. The summed E-state index contributed by atoms with van der Waals surface area (Å²) in [6, 6.07) is 2.12. The van der Waals surface area contributed by atoms with Crippen LogP contribution in [-0.4, -0.2) is 36.8 Å². The standard InChI is InChI=1S/C15H25N3O/c1-4-6-16-8-14-9-17-7-5-15(14)18-10-12(2)19-13(3)11-18/h5,7,9,12-13,16H,4,6,8,10-11H2,1-3H3/t12-,13+. The Bertz CT molecular complexity index is 387. The van der Waals surface area contributed by atoms with Gasteiger partial charge in [0, 0.05) is 43.3 Å². The molecule has 0 radical (unpaired) electrons. The van der Waals surface area contributed by atoms with E-state index in [0.29, 0.717) is 0 Å². The Morgan fingerprint density at radius 2 is 2.11 bits per heavy atom. The molecular weight excluding hydrogens is 238 g/mol. The molecule has 2 heterocycles. The van der Waals surface area contributed by atoms with Crippen LogP contribution in [0.5, 0.6) is 0 Å². The molecule has 1 aliphatic heterocycles. The lowest BCUT2D eigenvalue weighted by Gasteiger charge is -2.37. The number of nitrogens with one attached hydrogen (secondary N) is 1. The zero-order valence-electron chi connectivity index (χ0n) is 12.2. The topological polar surface area (TPSA) is 37.4 Å². The largest absolute Gasteiger partial charge is 0.372 e. The highest BCUT2D eigenvalue weighted by atomic mass is 16.5. The van der Waals surface area contributed by atoms with Gasteiger partial charge in [0.05, 0.1) is 12.2 Å². The summed E-state index contributed by atoms with van der Waals surface area (Å²) in [5.41, 5.74) is 2.57. The predicted molar refractivity (Wildman–Crippen MR) is 78.5 cm³/mol. The molecule has 1 fully saturated rings. The highest BCUT2D eigenvalue weighted by Crippen LogP contribution is 2.23. The van der Waals surface area contributed by atoms with Crippen molar-refractivity contribution in [1.82, 2.24) is 10.3 Å². The van der Waals surface area contributed by atoms with E-state index in [1.54, 1.807) is 0 Å². The van der Waals surface area contributed by atoms with Crippen LogP contribution in [0.15, 0.2) is 18.5 Å². The molecule has 0 aliphatic carbocycles. The predicted octanol–water partition coefficient (Wildman–Crippen LogP) is 2.19. The summed E-state index contributed by atoms with van der Waals surface area (Å²) in [7, 11) is 0. The second-order valence-electron chi connectivity index (χ2n) is 5.34. The third kappa shape index (κ3) is 3.91. The van der Waals surface area contributed by atoms with Crippen molar-refractivity contribution in [2.24, 2.45) is 0 Å². The molecule has 106 valence electrons. The Hall–Kier alpha value is -1.13. The van der Waals surface area contributed by atoms with Crippen LogP contribution in [0.3, 0.4) is 0 Å². The fraction of sp³-hybridized carbons (Fsp3) is 0.667. The van der Waals surface area contributed by atoms with Gasteiger partial charge in [0.15, 0.2) is 0 Å². The molecule has 0 spiro atoms. The molecule has 0 unspecified atom stereocenters. The first-order valence-electron chi connectivity index (χ1n) is 7.24. The summed E-state index contributed by atoms with van der Waals surface area (Å²) in [5.74, 6) is 0. The van der Waals surface area contributed by atoms with Gasteiger partial charge in [0.25, 0.3) is 0 Å². The lowest BCUT2D eigenvalue weighted by Crippen LogP contribution is -2.46. The van der Waals surface area contributed by atoms with Gasteiger partial charge in [0.1, 0.15) is 0 Å². The fourth-order valence-corrected chi connectivity index (χ4v) is 2.64. The van der Waals surface area contributed by atoms with E-state index >= 15 is 0 Å². The molecule has 1 N–H and O–H groups in total. The van der Waals surface area contributed by atoms with Gasteiger partial charge in [0.2, 0.25) is 0 Å². The highest BCUT2D eigenvalue weighted by Gasteiger charge is 2.23. The number of rotatable bonds is 5. The lowest BCUT2D eigenvalue weighted by atomic mass is 10.1. The second kappa shape index (κ2) is 6.87. The molecule has 4 nitrogen and oxygen atoms in total. The van der Waals surface area contributed by atoms with Crippen molar-refractivity contribution in [3.63, 3.8) is 0 Å². The van der Waals surface area contributed by atoms with Crippen molar-refractivity contribution in [2.45, 2.75) is 45.9 Å². The van der Waals surface area contributed by atoms with E-state index in [2.05, 4.69) is 42.0 Å². The Labute approximate surface area is 116 Å². The average molecular weight is 263 g/mol. The molecular formula is C15H25N3O. The van der Waals surface area contributed by atoms with E-state index in [4.69, 9.17) is 4.74 Å². The van der Waals surface area contributed by atoms with Crippen molar-refractivity contribution < 1.29 is 4.74 Å². The summed E-state index contributed by atoms with van der Waals surface area (Å²) in [6.45, 7) is 10.3. The molecule has 2 atom stereocenters.